The fourth-order valence-corrected chi connectivity index (χ4v) is 5.70. The van der Waals surface area contributed by atoms with E-state index in [2.05, 4.69) is 20.8 Å². The van der Waals surface area contributed by atoms with E-state index < -0.39 is 11.6 Å². The number of hydrogen-bond donors (Lipinski definition) is 2. The standard InChI is InChI=1S/C23H42O4S/c1-5-6-11-16-22(2,3)23(4,27)17-28-20-15-14-19(24)18(20)12-9-7-8-10-13-21(25)26/h18,20,27H,5-17H2,1-4H3,(H,25,26). The van der Waals surface area contributed by atoms with Gasteiger partial charge < -0.3 is 10.2 Å². The van der Waals surface area contributed by atoms with E-state index in [0.717, 1.165) is 51.4 Å². The number of carbonyl (C=O) groups is 2. The van der Waals surface area contributed by atoms with E-state index in [1.807, 2.05) is 6.92 Å². The normalized spacial score (nSPS) is 22.4. The number of ketones is 1. The molecule has 0 spiro atoms. The molecule has 1 aliphatic carbocycles. The van der Waals surface area contributed by atoms with E-state index in [1.165, 1.54) is 12.8 Å². The van der Waals surface area contributed by atoms with Crippen LogP contribution < -0.4 is 0 Å². The van der Waals surface area contributed by atoms with Crippen molar-refractivity contribution in [3.63, 3.8) is 0 Å². The molecule has 0 aromatic carbocycles. The maximum absolute atomic E-state index is 12.3. The Hall–Kier alpha value is -0.550. The lowest BCUT2D eigenvalue weighted by Gasteiger charge is -2.41. The Kier molecular flexibility index (Phi) is 11.1. The predicted octanol–water partition coefficient (Wildman–Crippen LogP) is 5.85. The van der Waals surface area contributed by atoms with Crippen LogP contribution in [0.15, 0.2) is 0 Å². The number of carboxylic acid groups (broad SMARTS) is 1. The number of rotatable bonds is 15. The summed E-state index contributed by atoms with van der Waals surface area (Å²) in [6.45, 7) is 8.49. The van der Waals surface area contributed by atoms with E-state index in [1.54, 1.807) is 11.8 Å². The summed E-state index contributed by atoms with van der Waals surface area (Å²) < 4.78 is 0. The number of thioether (sulfide) groups is 1. The topological polar surface area (TPSA) is 74.6 Å². The quantitative estimate of drug-likeness (QED) is 0.329. The number of carbonyl (C=O) groups excluding carboxylic acids is 1. The van der Waals surface area contributed by atoms with Crippen LogP contribution in [0.1, 0.15) is 105 Å². The molecular weight excluding hydrogens is 372 g/mol. The highest BCUT2D eigenvalue weighted by molar-refractivity contribution is 8.00. The maximum Gasteiger partial charge on any atom is 0.303 e. The van der Waals surface area contributed by atoms with Crippen molar-refractivity contribution in [2.75, 3.05) is 5.75 Å². The summed E-state index contributed by atoms with van der Waals surface area (Å²) >= 11 is 1.79. The second-order valence-electron chi connectivity index (χ2n) is 9.42. The Morgan fingerprint density at radius 3 is 2.43 bits per heavy atom. The van der Waals surface area contributed by atoms with Gasteiger partial charge >= 0.3 is 5.97 Å². The molecule has 164 valence electrons. The summed E-state index contributed by atoms with van der Waals surface area (Å²) in [6, 6.07) is 0. The van der Waals surface area contributed by atoms with Crippen LogP contribution in [0.4, 0.5) is 0 Å². The molecule has 28 heavy (non-hydrogen) atoms. The average Bonchev–Trinajstić information content (AvgIpc) is 2.96. The highest BCUT2D eigenvalue weighted by atomic mass is 32.2. The first-order chi connectivity index (χ1) is 13.1. The molecule has 0 radical (unpaired) electrons. The van der Waals surface area contributed by atoms with E-state index >= 15 is 0 Å². The minimum absolute atomic E-state index is 0.114. The average molecular weight is 415 g/mol. The number of unbranched alkanes of at least 4 members (excludes halogenated alkanes) is 5. The third kappa shape index (κ3) is 8.44. The predicted molar refractivity (Wildman–Crippen MR) is 118 cm³/mol. The van der Waals surface area contributed by atoms with Crippen molar-refractivity contribution in [2.45, 2.75) is 116 Å². The van der Waals surface area contributed by atoms with Crippen molar-refractivity contribution in [1.82, 2.24) is 0 Å². The molecule has 4 nitrogen and oxygen atoms in total. The van der Waals surface area contributed by atoms with Gasteiger partial charge in [-0.3, -0.25) is 9.59 Å². The van der Waals surface area contributed by atoms with Gasteiger partial charge in [-0.2, -0.15) is 11.8 Å². The molecule has 0 amide bonds. The lowest BCUT2D eigenvalue weighted by atomic mass is 9.73. The molecule has 1 fully saturated rings. The summed E-state index contributed by atoms with van der Waals surface area (Å²) in [6.07, 6.45) is 11.0. The van der Waals surface area contributed by atoms with Gasteiger partial charge in [-0.05, 0) is 38.0 Å². The van der Waals surface area contributed by atoms with Crippen molar-refractivity contribution in [3.05, 3.63) is 0 Å². The molecule has 2 N–H and O–H groups in total. The van der Waals surface area contributed by atoms with Crippen LogP contribution in [-0.2, 0) is 9.59 Å². The van der Waals surface area contributed by atoms with E-state index in [9.17, 15) is 14.7 Å². The molecule has 3 unspecified atom stereocenters. The first kappa shape index (κ1) is 25.5. The molecule has 0 heterocycles. The van der Waals surface area contributed by atoms with Gasteiger partial charge in [0.15, 0.2) is 0 Å². The van der Waals surface area contributed by atoms with Gasteiger partial charge in [0.25, 0.3) is 0 Å². The zero-order valence-corrected chi connectivity index (χ0v) is 19.3. The van der Waals surface area contributed by atoms with Crippen molar-refractivity contribution in [2.24, 2.45) is 11.3 Å². The zero-order chi connectivity index (χ0) is 21.2. The van der Waals surface area contributed by atoms with Gasteiger partial charge in [0.2, 0.25) is 0 Å². The third-order valence-electron chi connectivity index (χ3n) is 6.64. The van der Waals surface area contributed by atoms with Gasteiger partial charge in [-0.15, -0.1) is 0 Å². The Labute approximate surface area is 176 Å². The van der Waals surface area contributed by atoms with Crippen LogP contribution in [-0.4, -0.2) is 38.6 Å². The molecule has 0 aromatic heterocycles. The molecule has 1 aliphatic rings. The monoisotopic (exact) mass is 414 g/mol. The molecule has 3 atom stereocenters. The first-order valence-corrected chi connectivity index (χ1v) is 12.2. The van der Waals surface area contributed by atoms with Gasteiger partial charge in [-0.25, -0.2) is 0 Å². The second kappa shape index (κ2) is 12.2. The summed E-state index contributed by atoms with van der Waals surface area (Å²) in [5, 5.41) is 20.1. The Morgan fingerprint density at radius 2 is 1.79 bits per heavy atom. The van der Waals surface area contributed by atoms with Crippen LogP contribution in [0.5, 0.6) is 0 Å². The summed E-state index contributed by atoms with van der Waals surface area (Å²) in [5.74, 6) is 0.444. The Morgan fingerprint density at radius 1 is 1.11 bits per heavy atom. The van der Waals surface area contributed by atoms with Crippen molar-refractivity contribution < 1.29 is 19.8 Å². The second-order valence-corrected chi connectivity index (χ2v) is 10.6. The molecule has 0 saturated heterocycles. The molecule has 1 rings (SSSR count). The molecular formula is C23H42O4S. The van der Waals surface area contributed by atoms with Crippen LogP contribution in [0.2, 0.25) is 0 Å². The minimum atomic E-state index is -0.738. The minimum Gasteiger partial charge on any atom is -0.481 e. The fourth-order valence-electron chi connectivity index (χ4n) is 3.97. The number of aliphatic hydroxyl groups is 1. The number of Topliss-reactive ketones (excluding diaryl/α,β-unsaturated/α-hetero) is 1. The first-order valence-electron chi connectivity index (χ1n) is 11.2. The summed E-state index contributed by atoms with van der Waals surface area (Å²) in [5.41, 5.74) is -0.865. The van der Waals surface area contributed by atoms with Crippen LogP contribution in [0.3, 0.4) is 0 Å². The zero-order valence-electron chi connectivity index (χ0n) is 18.5. The number of aliphatic carboxylic acids is 1. The van der Waals surface area contributed by atoms with Gasteiger partial charge in [0.05, 0.1) is 5.60 Å². The molecule has 0 aliphatic heterocycles. The van der Waals surface area contributed by atoms with Crippen molar-refractivity contribution in [3.8, 4) is 0 Å². The lowest BCUT2D eigenvalue weighted by molar-refractivity contribution is -0.137. The van der Waals surface area contributed by atoms with Gasteiger partial charge in [-0.1, -0.05) is 59.3 Å². The molecule has 0 aromatic rings. The number of carboxylic acids is 1. The molecule has 0 bridgehead atoms. The maximum atomic E-state index is 12.3. The third-order valence-corrected chi connectivity index (χ3v) is 8.36. The van der Waals surface area contributed by atoms with E-state index in [0.29, 0.717) is 23.2 Å². The lowest BCUT2D eigenvalue weighted by Crippen LogP contribution is -2.44. The van der Waals surface area contributed by atoms with Gasteiger partial charge in [0.1, 0.15) is 5.78 Å². The van der Waals surface area contributed by atoms with Gasteiger partial charge in [0, 0.05) is 29.8 Å². The largest absolute Gasteiger partial charge is 0.481 e. The van der Waals surface area contributed by atoms with Crippen molar-refractivity contribution >= 4 is 23.5 Å². The highest BCUT2D eigenvalue weighted by Gasteiger charge is 2.41. The van der Waals surface area contributed by atoms with Crippen molar-refractivity contribution in [1.29, 1.82) is 0 Å². The Bertz CT molecular complexity index is 487. The fraction of sp³-hybridized carbons (Fsp3) is 0.913. The Balaban J connectivity index is 2.43. The van der Waals surface area contributed by atoms with Crippen LogP contribution in [0.25, 0.3) is 0 Å². The highest BCUT2D eigenvalue weighted by Crippen LogP contribution is 2.42. The SMILES string of the molecule is CCCCCC(C)(C)C(C)(O)CSC1CCC(=O)C1CCCCCCC(=O)O. The van der Waals surface area contributed by atoms with Crippen LogP contribution >= 0.6 is 11.8 Å². The van der Waals surface area contributed by atoms with E-state index in [4.69, 9.17) is 5.11 Å². The van der Waals surface area contributed by atoms with Crippen LogP contribution in [0, 0.1) is 11.3 Å². The number of hydrogen-bond acceptors (Lipinski definition) is 4. The van der Waals surface area contributed by atoms with E-state index in [-0.39, 0.29) is 17.8 Å². The smallest absolute Gasteiger partial charge is 0.303 e. The molecule has 1 saturated carbocycles. The summed E-state index contributed by atoms with van der Waals surface area (Å²) in [4.78, 5) is 22.9. The summed E-state index contributed by atoms with van der Waals surface area (Å²) in [7, 11) is 0. The molecule has 5 heteroatoms.